The standard InChI is InChI=1S/C26H23FN4OS/c27-16-11-9-15(10-12-16)23-19(14-29)25(30)31(20-6-4-7-21(32)24(20)23)26-18(13-28)17-5-2-1-3-8-22(17)33-26/h9-12,23H,1-8,30H2/t23-/m0/s1. The number of hydrogen-bond donors (Lipinski definition) is 1. The van der Waals surface area contributed by atoms with E-state index in [2.05, 4.69) is 12.1 Å². The molecule has 0 spiro atoms. The van der Waals surface area contributed by atoms with Crippen LogP contribution in [0.3, 0.4) is 0 Å². The van der Waals surface area contributed by atoms with Crippen molar-refractivity contribution in [1.29, 1.82) is 10.5 Å². The molecule has 7 heteroatoms. The summed E-state index contributed by atoms with van der Waals surface area (Å²) in [6, 6.07) is 10.5. The zero-order valence-corrected chi connectivity index (χ0v) is 19.0. The molecular weight excluding hydrogens is 435 g/mol. The molecule has 0 radical (unpaired) electrons. The molecule has 0 saturated heterocycles. The third kappa shape index (κ3) is 3.44. The summed E-state index contributed by atoms with van der Waals surface area (Å²) in [7, 11) is 0. The highest BCUT2D eigenvalue weighted by Gasteiger charge is 2.41. The van der Waals surface area contributed by atoms with Crippen LogP contribution in [0, 0.1) is 28.5 Å². The lowest BCUT2D eigenvalue weighted by molar-refractivity contribution is -0.116. The number of hydrogen-bond acceptors (Lipinski definition) is 6. The maximum absolute atomic E-state index is 13.6. The number of benzene rings is 1. The number of nitrogens with zero attached hydrogens (tertiary/aromatic N) is 3. The van der Waals surface area contributed by atoms with Gasteiger partial charge in [-0.05, 0) is 61.8 Å². The Morgan fingerprint density at radius 2 is 1.76 bits per heavy atom. The SMILES string of the molecule is N#CC1=C(N)N(c2sc3c(c2C#N)CCCCC3)C2=C(C(=O)CCC2)[C@H]1c1ccc(F)cc1. The molecular formula is C26H23FN4OS. The average molecular weight is 459 g/mol. The number of halogens is 1. The van der Waals surface area contributed by atoms with E-state index in [-0.39, 0.29) is 23.0 Å². The molecule has 0 bridgehead atoms. The first-order valence-corrected chi connectivity index (χ1v) is 12.1. The van der Waals surface area contributed by atoms with Crippen LogP contribution in [0.2, 0.25) is 0 Å². The van der Waals surface area contributed by atoms with Crippen LogP contribution in [0.5, 0.6) is 0 Å². The molecule has 1 aromatic carbocycles. The van der Waals surface area contributed by atoms with Crippen LogP contribution in [-0.4, -0.2) is 5.78 Å². The van der Waals surface area contributed by atoms with E-state index in [1.807, 2.05) is 4.90 Å². The first-order chi connectivity index (χ1) is 16.0. The predicted octanol–water partition coefficient (Wildman–Crippen LogP) is 5.33. The lowest BCUT2D eigenvalue weighted by Crippen LogP contribution is -2.38. The van der Waals surface area contributed by atoms with Gasteiger partial charge in [-0.15, -0.1) is 11.3 Å². The third-order valence-electron chi connectivity index (χ3n) is 6.83. The fourth-order valence-corrected chi connectivity index (χ4v) is 6.69. The van der Waals surface area contributed by atoms with E-state index in [4.69, 9.17) is 5.73 Å². The maximum Gasteiger partial charge on any atom is 0.161 e. The van der Waals surface area contributed by atoms with Gasteiger partial charge in [-0.2, -0.15) is 10.5 Å². The van der Waals surface area contributed by atoms with E-state index < -0.39 is 5.92 Å². The lowest BCUT2D eigenvalue weighted by Gasteiger charge is -2.39. The molecule has 5 nitrogen and oxygen atoms in total. The van der Waals surface area contributed by atoms with Crippen LogP contribution >= 0.6 is 11.3 Å². The maximum atomic E-state index is 13.6. The van der Waals surface area contributed by atoms with Crippen LogP contribution in [0.25, 0.3) is 0 Å². The van der Waals surface area contributed by atoms with Crippen LogP contribution < -0.4 is 10.6 Å². The Bertz CT molecular complexity index is 1290. The summed E-state index contributed by atoms with van der Waals surface area (Å²) in [6.45, 7) is 0. The van der Waals surface area contributed by atoms with Gasteiger partial charge < -0.3 is 5.73 Å². The molecule has 5 rings (SSSR count). The molecule has 2 aromatic rings. The predicted molar refractivity (Wildman–Crippen MR) is 125 cm³/mol. The van der Waals surface area contributed by atoms with Gasteiger partial charge in [0.2, 0.25) is 0 Å². The zero-order valence-electron chi connectivity index (χ0n) is 18.2. The Balaban J connectivity index is 1.74. The first kappa shape index (κ1) is 21.4. The van der Waals surface area contributed by atoms with Gasteiger partial charge in [-0.1, -0.05) is 18.6 Å². The summed E-state index contributed by atoms with van der Waals surface area (Å²) < 4.78 is 13.6. The summed E-state index contributed by atoms with van der Waals surface area (Å²) in [5, 5.41) is 20.9. The molecule has 0 fully saturated rings. The molecule has 33 heavy (non-hydrogen) atoms. The highest BCUT2D eigenvalue weighted by Crippen LogP contribution is 2.49. The number of Topliss-reactive ketones (excluding diaryl/α,β-unsaturated/α-hetero) is 1. The van der Waals surface area contributed by atoms with Gasteiger partial charge in [-0.25, -0.2) is 4.39 Å². The average Bonchev–Trinajstić information content (AvgIpc) is 2.99. The summed E-state index contributed by atoms with van der Waals surface area (Å²) in [6.07, 6.45) is 6.79. The van der Waals surface area contributed by atoms with Crippen LogP contribution in [-0.2, 0) is 17.6 Å². The molecule has 2 N–H and O–H groups in total. The minimum atomic E-state index is -0.627. The van der Waals surface area contributed by atoms with Crippen molar-refractivity contribution >= 4 is 22.1 Å². The van der Waals surface area contributed by atoms with E-state index in [9.17, 15) is 19.7 Å². The van der Waals surface area contributed by atoms with Gasteiger partial charge in [0.1, 0.15) is 22.7 Å². The summed E-state index contributed by atoms with van der Waals surface area (Å²) in [5.74, 6) is -0.770. The minimum Gasteiger partial charge on any atom is -0.384 e. The molecule has 166 valence electrons. The Hall–Kier alpha value is -3.42. The Kier molecular flexibility index (Phi) is 5.52. The largest absolute Gasteiger partial charge is 0.384 e. The second kappa shape index (κ2) is 8.50. The number of anilines is 1. The van der Waals surface area contributed by atoms with Gasteiger partial charge in [0.25, 0.3) is 0 Å². The number of ketones is 1. The van der Waals surface area contributed by atoms with Crippen molar-refractivity contribution in [3.05, 3.63) is 74.3 Å². The van der Waals surface area contributed by atoms with E-state index in [1.165, 1.54) is 17.0 Å². The molecule has 0 amide bonds. The van der Waals surface area contributed by atoms with Crippen molar-refractivity contribution in [2.75, 3.05) is 4.90 Å². The molecule has 0 saturated carbocycles. The molecule has 1 aliphatic heterocycles. The zero-order chi connectivity index (χ0) is 23.1. The van der Waals surface area contributed by atoms with Crippen molar-refractivity contribution in [3.8, 4) is 12.1 Å². The summed E-state index contributed by atoms with van der Waals surface area (Å²) in [4.78, 5) is 16.2. The van der Waals surface area contributed by atoms with Crippen molar-refractivity contribution in [1.82, 2.24) is 0 Å². The second-order valence-electron chi connectivity index (χ2n) is 8.72. The van der Waals surface area contributed by atoms with Crippen molar-refractivity contribution in [2.24, 2.45) is 5.73 Å². The monoisotopic (exact) mass is 458 g/mol. The molecule has 0 unspecified atom stereocenters. The number of nitrogens with two attached hydrogens (primary N) is 1. The summed E-state index contributed by atoms with van der Waals surface area (Å²) >= 11 is 1.56. The van der Waals surface area contributed by atoms with Crippen LogP contribution in [0.4, 0.5) is 9.39 Å². The van der Waals surface area contributed by atoms with E-state index in [0.29, 0.717) is 36.0 Å². The van der Waals surface area contributed by atoms with Gasteiger partial charge in [0, 0.05) is 22.6 Å². The van der Waals surface area contributed by atoms with Gasteiger partial charge in [0.05, 0.1) is 23.1 Å². The van der Waals surface area contributed by atoms with E-state index in [0.717, 1.165) is 48.4 Å². The smallest absolute Gasteiger partial charge is 0.161 e. The summed E-state index contributed by atoms with van der Waals surface area (Å²) in [5.41, 5.74) is 10.6. The minimum absolute atomic E-state index is 0.0209. The fourth-order valence-electron chi connectivity index (χ4n) is 5.31. The fraction of sp³-hybridized carbons (Fsp3) is 0.346. The van der Waals surface area contributed by atoms with Crippen molar-refractivity contribution in [2.45, 2.75) is 57.3 Å². The second-order valence-corrected chi connectivity index (χ2v) is 9.81. The van der Waals surface area contributed by atoms with Crippen LogP contribution in [0.15, 0.2) is 46.9 Å². The highest BCUT2D eigenvalue weighted by molar-refractivity contribution is 7.16. The van der Waals surface area contributed by atoms with Gasteiger partial charge in [-0.3, -0.25) is 9.69 Å². The van der Waals surface area contributed by atoms with Crippen molar-refractivity contribution in [3.63, 3.8) is 0 Å². The molecule has 3 aliphatic rings. The Morgan fingerprint density at radius 3 is 2.48 bits per heavy atom. The first-order valence-electron chi connectivity index (χ1n) is 11.3. The van der Waals surface area contributed by atoms with Crippen LogP contribution in [0.1, 0.15) is 66.0 Å². The number of fused-ring (bicyclic) bond motifs is 1. The Labute approximate surface area is 196 Å². The molecule has 1 atom stereocenters. The highest BCUT2D eigenvalue weighted by atomic mass is 32.1. The van der Waals surface area contributed by atoms with E-state index >= 15 is 0 Å². The number of thiophene rings is 1. The number of allylic oxidation sites excluding steroid dienone is 3. The number of rotatable bonds is 2. The normalized spacial score (nSPS) is 20.6. The Morgan fingerprint density at radius 1 is 1.00 bits per heavy atom. The number of carbonyl (C=O) groups is 1. The van der Waals surface area contributed by atoms with Crippen molar-refractivity contribution < 1.29 is 9.18 Å². The quantitative estimate of drug-likeness (QED) is 0.614. The van der Waals surface area contributed by atoms with Gasteiger partial charge >= 0.3 is 0 Å². The number of carbonyl (C=O) groups excluding carboxylic acids is 1. The molecule has 1 aromatic heterocycles. The molecule has 2 heterocycles. The third-order valence-corrected chi connectivity index (χ3v) is 8.11. The molecule has 2 aliphatic carbocycles. The number of aryl methyl sites for hydroxylation is 1. The lowest BCUT2D eigenvalue weighted by atomic mass is 9.75. The topological polar surface area (TPSA) is 93.9 Å². The number of nitriles is 2. The van der Waals surface area contributed by atoms with Gasteiger partial charge in [0.15, 0.2) is 5.78 Å². The van der Waals surface area contributed by atoms with E-state index in [1.54, 1.807) is 23.5 Å².